The molecule has 1 N–H and O–H groups in total. The number of hydrogen-bond donors (Lipinski definition) is 1. The molecule has 0 fully saturated rings. The minimum Gasteiger partial charge on any atom is -0.272 e. The van der Waals surface area contributed by atoms with Gasteiger partial charge in [0.15, 0.2) is 0 Å². The van der Waals surface area contributed by atoms with E-state index in [4.69, 9.17) is 0 Å². The minimum atomic E-state index is -0.242. The van der Waals surface area contributed by atoms with Crippen LogP contribution in [0.1, 0.15) is 27.9 Å². The highest BCUT2D eigenvalue weighted by Crippen LogP contribution is 2.23. The molecule has 0 aliphatic carbocycles. The number of pyridine rings is 1. The van der Waals surface area contributed by atoms with Crippen molar-refractivity contribution in [2.75, 3.05) is 5.75 Å². The smallest absolute Gasteiger partial charge is 0.250 e. The predicted octanol–water partition coefficient (Wildman–Crippen LogP) is 3.12. The number of carbonyl (C=O) groups is 1. The van der Waals surface area contributed by atoms with Crippen LogP contribution < -0.4 is 5.43 Å². The summed E-state index contributed by atoms with van der Waals surface area (Å²) in [5.74, 6) is -0.0938. The second-order valence-electron chi connectivity index (χ2n) is 5.37. The summed E-state index contributed by atoms with van der Waals surface area (Å²) in [5, 5.41) is 13.7. The van der Waals surface area contributed by atoms with Crippen LogP contribution in [-0.4, -0.2) is 22.9 Å². The van der Waals surface area contributed by atoms with Crippen molar-refractivity contribution in [1.82, 2.24) is 10.4 Å². The Morgan fingerprint density at radius 3 is 2.71 bits per heavy atom. The molecule has 1 amide bonds. The lowest BCUT2D eigenvalue weighted by molar-refractivity contribution is -0.118. The van der Waals surface area contributed by atoms with Gasteiger partial charge in [-0.1, -0.05) is 41.6 Å². The van der Waals surface area contributed by atoms with Crippen molar-refractivity contribution in [2.45, 2.75) is 25.8 Å². The van der Waals surface area contributed by atoms with Gasteiger partial charge in [-0.05, 0) is 38.0 Å². The van der Waals surface area contributed by atoms with E-state index in [-0.39, 0.29) is 11.7 Å². The third-order valence-electron chi connectivity index (χ3n) is 3.24. The SMILES string of the molecule is Cc1ccc(/C=N/NC(=O)CSc2nc(C)cc(C)c2C#N)cc1. The van der Waals surface area contributed by atoms with Crippen LogP contribution in [0.15, 0.2) is 40.5 Å². The Kier molecular flexibility index (Phi) is 6.10. The maximum Gasteiger partial charge on any atom is 0.250 e. The lowest BCUT2D eigenvalue weighted by Crippen LogP contribution is -2.19. The predicted molar refractivity (Wildman–Crippen MR) is 96.1 cm³/mol. The first kappa shape index (κ1) is 17.7. The van der Waals surface area contributed by atoms with Crippen molar-refractivity contribution >= 4 is 23.9 Å². The molecule has 0 unspecified atom stereocenters. The molecule has 2 rings (SSSR count). The molecular formula is C18H18N4OS. The van der Waals surface area contributed by atoms with Gasteiger partial charge in [-0.3, -0.25) is 4.79 Å². The number of hydrogen-bond acceptors (Lipinski definition) is 5. The van der Waals surface area contributed by atoms with E-state index in [1.54, 1.807) is 6.21 Å². The first-order valence-electron chi connectivity index (χ1n) is 7.39. The largest absolute Gasteiger partial charge is 0.272 e. The molecule has 0 saturated heterocycles. The number of aryl methyl sites for hydroxylation is 3. The number of amides is 1. The van der Waals surface area contributed by atoms with Crippen LogP contribution in [0.2, 0.25) is 0 Å². The zero-order valence-electron chi connectivity index (χ0n) is 13.8. The molecule has 0 aliphatic heterocycles. The fraction of sp³-hybridized carbons (Fsp3) is 0.222. The van der Waals surface area contributed by atoms with Crippen molar-refractivity contribution in [3.63, 3.8) is 0 Å². The number of thioether (sulfide) groups is 1. The molecule has 122 valence electrons. The van der Waals surface area contributed by atoms with Crippen LogP contribution in [0.5, 0.6) is 0 Å². The van der Waals surface area contributed by atoms with Gasteiger partial charge in [0.25, 0.3) is 0 Å². The summed E-state index contributed by atoms with van der Waals surface area (Å²) >= 11 is 1.24. The Morgan fingerprint density at radius 1 is 1.33 bits per heavy atom. The van der Waals surface area contributed by atoms with E-state index < -0.39 is 0 Å². The quantitative estimate of drug-likeness (QED) is 0.516. The van der Waals surface area contributed by atoms with Gasteiger partial charge in [0, 0.05) is 5.69 Å². The van der Waals surface area contributed by atoms with Crippen LogP contribution >= 0.6 is 11.8 Å². The van der Waals surface area contributed by atoms with E-state index in [1.807, 2.05) is 51.1 Å². The number of rotatable bonds is 5. The van der Waals surface area contributed by atoms with E-state index in [2.05, 4.69) is 21.6 Å². The van der Waals surface area contributed by atoms with Crippen LogP contribution in [0, 0.1) is 32.1 Å². The molecule has 0 radical (unpaired) electrons. The average molecular weight is 338 g/mol. The maximum absolute atomic E-state index is 11.9. The minimum absolute atomic E-state index is 0.149. The lowest BCUT2D eigenvalue weighted by atomic mass is 10.1. The van der Waals surface area contributed by atoms with E-state index in [0.29, 0.717) is 10.6 Å². The Labute approximate surface area is 145 Å². The fourth-order valence-corrected chi connectivity index (χ4v) is 2.93. The van der Waals surface area contributed by atoms with E-state index in [0.717, 1.165) is 16.8 Å². The summed E-state index contributed by atoms with van der Waals surface area (Å²) in [5.41, 5.74) is 6.77. The van der Waals surface area contributed by atoms with Gasteiger partial charge < -0.3 is 0 Å². The number of hydrazone groups is 1. The number of aromatic nitrogens is 1. The molecule has 1 aromatic carbocycles. The topological polar surface area (TPSA) is 78.1 Å². The number of nitrogens with one attached hydrogen (secondary N) is 1. The fourth-order valence-electron chi connectivity index (χ4n) is 2.04. The average Bonchev–Trinajstić information content (AvgIpc) is 2.54. The van der Waals surface area contributed by atoms with Gasteiger partial charge in [0.2, 0.25) is 5.91 Å². The van der Waals surface area contributed by atoms with Crippen LogP contribution in [0.25, 0.3) is 0 Å². The molecule has 5 nitrogen and oxygen atoms in total. The Hall–Kier alpha value is -2.65. The number of benzene rings is 1. The van der Waals surface area contributed by atoms with E-state index >= 15 is 0 Å². The van der Waals surface area contributed by atoms with Crippen molar-refractivity contribution in [1.29, 1.82) is 5.26 Å². The molecule has 1 heterocycles. The zero-order chi connectivity index (χ0) is 17.5. The third-order valence-corrected chi connectivity index (χ3v) is 4.22. The molecule has 0 atom stereocenters. The Morgan fingerprint density at radius 2 is 2.04 bits per heavy atom. The number of carbonyl (C=O) groups excluding carboxylic acids is 1. The Balaban J connectivity index is 1.92. The van der Waals surface area contributed by atoms with Crippen LogP contribution in [0.4, 0.5) is 0 Å². The molecule has 0 saturated carbocycles. The summed E-state index contributed by atoms with van der Waals surface area (Å²) in [7, 11) is 0. The summed E-state index contributed by atoms with van der Waals surface area (Å²) in [6, 6.07) is 11.8. The second-order valence-corrected chi connectivity index (χ2v) is 6.33. The molecule has 0 spiro atoms. The van der Waals surface area contributed by atoms with Gasteiger partial charge in [-0.2, -0.15) is 10.4 Å². The molecule has 0 aliphatic rings. The van der Waals surface area contributed by atoms with Crippen LogP contribution in [0.3, 0.4) is 0 Å². The standard InChI is InChI=1S/C18H18N4OS/c1-12-4-6-15(7-5-12)10-20-22-17(23)11-24-18-16(9-19)13(2)8-14(3)21-18/h4-8,10H,11H2,1-3H3,(H,22,23)/b20-10+. The molecule has 2 aromatic rings. The normalized spacial score (nSPS) is 10.6. The molecule has 0 bridgehead atoms. The summed E-state index contributed by atoms with van der Waals surface area (Å²) < 4.78 is 0. The van der Waals surface area contributed by atoms with Crippen LogP contribution in [-0.2, 0) is 4.79 Å². The second kappa shape index (κ2) is 8.27. The lowest BCUT2D eigenvalue weighted by Gasteiger charge is -2.06. The van der Waals surface area contributed by atoms with Crippen molar-refractivity contribution in [2.24, 2.45) is 5.10 Å². The van der Waals surface area contributed by atoms with E-state index in [1.165, 1.54) is 17.3 Å². The zero-order valence-corrected chi connectivity index (χ0v) is 14.6. The van der Waals surface area contributed by atoms with Gasteiger partial charge in [0.1, 0.15) is 11.1 Å². The third kappa shape index (κ3) is 4.93. The summed E-state index contributed by atoms with van der Waals surface area (Å²) in [6.07, 6.45) is 1.60. The van der Waals surface area contributed by atoms with Gasteiger partial charge in [-0.25, -0.2) is 10.4 Å². The van der Waals surface area contributed by atoms with Crippen molar-refractivity contribution in [3.8, 4) is 6.07 Å². The highest BCUT2D eigenvalue weighted by atomic mass is 32.2. The Bertz CT molecular complexity index is 807. The number of nitriles is 1. The summed E-state index contributed by atoms with van der Waals surface area (Å²) in [4.78, 5) is 16.2. The monoisotopic (exact) mass is 338 g/mol. The molecular weight excluding hydrogens is 320 g/mol. The van der Waals surface area contributed by atoms with Gasteiger partial charge >= 0.3 is 0 Å². The molecule has 24 heavy (non-hydrogen) atoms. The first-order chi connectivity index (χ1) is 11.5. The highest BCUT2D eigenvalue weighted by molar-refractivity contribution is 8.00. The molecule has 1 aromatic heterocycles. The van der Waals surface area contributed by atoms with Gasteiger partial charge in [-0.15, -0.1) is 0 Å². The highest BCUT2D eigenvalue weighted by Gasteiger charge is 2.11. The number of nitrogens with zero attached hydrogens (tertiary/aromatic N) is 3. The first-order valence-corrected chi connectivity index (χ1v) is 8.38. The van der Waals surface area contributed by atoms with E-state index in [9.17, 15) is 10.1 Å². The van der Waals surface area contributed by atoms with Crippen molar-refractivity contribution < 1.29 is 4.79 Å². The maximum atomic E-state index is 11.9. The molecule has 6 heteroatoms. The summed E-state index contributed by atoms with van der Waals surface area (Å²) in [6.45, 7) is 5.74. The van der Waals surface area contributed by atoms with Crippen molar-refractivity contribution in [3.05, 3.63) is 58.3 Å². The van der Waals surface area contributed by atoms with Gasteiger partial charge in [0.05, 0.1) is 17.5 Å².